The van der Waals surface area contributed by atoms with Crippen molar-refractivity contribution in [1.82, 2.24) is 5.32 Å². The van der Waals surface area contributed by atoms with Gasteiger partial charge in [-0.05, 0) is 89.9 Å². The summed E-state index contributed by atoms with van der Waals surface area (Å²) >= 11 is 0. The number of hydrogen-bond donors (Lipinski definition) is 3. The van der Waals surface area contributed by atoms with Crippen molar-refractivity contribution in [3.63, 3.8) is 0 Å². The van der Waals surface area contributed by atoms with Gasteiger partial charge in [0.1, 0.15) is 6.10 Å². The van der Waals surface area contributed by atoms with Crippen LogP contribution in [0.3, 0.4) is 0 Å². The molecule has 3 N–H and O–H groups in total. The van der Waals surface area contributed by atoms with E-state index in [1.54, 1.807) is 0 Å². The molecule has 0 aromatic carbocycles. The van der Waals surface area contributed by atoms with E-state index in [4.69, 9.17) is 4.74 Å². The van der Waals surface area contributed by atoms with Gasteiger partial charge in [0.05, 0.1) is 25.2 Å². The molecule has 0 aromatic rings. The molecule has 0 fully saturated rings. The fourth-order valence-corrected chi connectivity index (χ4v) is 8.81. The molecule has 6 nitrogen and oxygen atoms in total. The molecule has 0 saturated carbocycles. The van der Waals surface area contributed by atoms with E-state index >= 15 is 0 Å². The number of nitrogens with one attached hydrogen (secondary N) is 1. The Morgan fingerprint density at radius 2 is 0.797 bits per heavy atom. The van der Waals surface area contributed by atoms with Crippen LogP contribution in [-0.2, 0) is 14.3 Å². The predicted octanol–water partition coefficient (Wildman–Crippen LogP) is 18.5. The molecule has 0 aromatic heterocycles. The SMILES string of the molecule is CC/C=C\C/C=C\C/C=C\C/C=C\C/C=C\CCCC(CC(=O)NC(CO)C(O)CCCCCCCCCCCCCCCCC)OC(=O)CCCCCCC/C=C/CCCCCCCCCCC. The normalized spacial score (nSPS) is 13.6. The summed E-state index contributed by atoms with van der Waals surface area (Å²) in [5, 5.41) is 23.9. The minimum absolute atomic E-state index is 0.0340. The quantitative estimate of drug-likeness (QED) is 0.0321. The van der Waals surface area contributed by atoms with Gasteiger partial charge in [-0.25, -0.2) is 0 Å². The van der Waals surface area contributed by atoms with E-state index in [9.17, 15) is 19.8 Å². The molecule has 0 radical (unpaired) electrons. The molecule has 0 aliphatic carbocycles. The molecule has 6 heteroatoms. The Morgan fingerprint density at radius 3 is 1.23 bits per heavy atom. The van der Waals surface area contributed by atoms with Gasteiger partial charge in [0.2, 0.25) is 5.91 Å². The second-order valence-corrected chi connectivity index (χ2v) is 20.0. The summed E-state index contributed by atoms with van der Waals surface area (Å²) in [6.07, 6.45) is 72.6. The Labute approximate surface area is 428 Å². The van der Waals surface area contributed by atoms with Crippen molar-refractivity contribution in [2.45, 2.75) is 309 Å². The number of aliphatic hydroxyl groups is 2. The molecule has 0 aliphatic heterocycles. The predicted molar refractivity (Wildman–Crippen MR) is 301 cm³/mol. The molecule has 0 heterocycles. The Kier molecular flexibility index (Phi) is 54.0. The van der Waals surface area contributed by atoms with Crippen molar-refractivity contribution < 1.29 is 24.5 Å². The molecule has 0 spiro atoms. The fraction of sp³-hybridized carbons (Fsp3) is 0.778. The average molecular weight is 965 g/mol. The third-order valence-corrected chi connectivity index (χ3v) is 13.3. The van der Waals surface area contributed by atoms with E-state index in [2.05, 4.69) is 99.0 Å². The highest BCUT2D eigenvalue weighted by molar-refractivity contribution is 5.77. The van der Waals surface area contributed by atoms with Crippen LogP contribution < -0.4 is 5.32 Å². The number of amides is 1. The summed E-state index contributed by atoms with van der Waals surface area (Å²) in [5.41, 5.74) is 0. The highest BCUT2D eigenvalue weighted by atomic mass is 16.5. The Bertz CT molecular complexity index is 1270. The van der Waals surface area contributed by atoms with E-state index in [1.807, 2.05) is 0 Å². The summed E-state index contributed by atoms with van der Waals surface area (Å²) in [6, 6.07) is -0.725. The number of esters is 1. The second-order valence-electron chi connectivity index (χ2n) is 20.0. The molecule has 400 valence electrons. The standard InChI is InChI=1S/C63H113NO5/c1-4-7-10-13-16-19-22-25-28-30-32-35-38-41-44-47-50-53-56-63(68)69-59(54-51-48-45-42-39-36-34-31-29-26-23-20-17-14-11-8-5-2)57-62(67)64-60(58-65)61(66)55-52-49-46-43-40-37-33-27-24-21-18-15-12-9-6-3/h8,11,17,20,26,29,32,34-36,42,45,59-61,65-66H,4-7,9-10,12-16,18-19,21-25,27-28,30-31,33,37-41,43-44,46-58H2,1-3H3,(H,64,67)/b11-8-,20-17-,29-26-,35-32+,36-34-,45-42-. The van der Waals surface area contributed by atoms with E-state index < -0.39 is 18.2 Å². The van der Waals surface area contributed by atoms with Crippen LogP contribution in [0.2, 0.25) is 0 Å². The molecule has 3 atom stereocenters. The fourth-order valence-electron chi connectivity index (χ4n) is 8.81. The van der Waals surface area contributed by atoms with E-state index in [0.717, 1.165) is 89.9 Å². The van der Waals surface area contributed by atoms with E-state index in [1.165, 1.54) is 154 Å². The van der Waals surface area contributed by atoms with Crippen LogP contribution in [0, 0.1) is 0 Å². The van der Waals surface area contributed by atoms with Gasteiger partial charge in [-0.1, -0.05) is 261 Å². The number of aliphatic hydroxyl groups excluding tert-OH is 2. The monoisotopic (exact) mass is 964 g/mol. The van der Waals surface area contributed by atoms with Crippen LogP contribution >= 0.6 is 0 Å². The van der Waals surface area contributed by atoms with E-state index in [0.29, 0.717) is 19.3 Å². The lowest BCUT2D eigenvalue weighted by Gasteiger charge is -2.24. The topological polar surface area (TPSA) is 95.9 Å². The third-order valence-electron chi connectivity index (χ3n) is 13.3. The van der Waals surface area contributed by atoms with Crippen LogP contribution in [0.25, 0.3) is 0 Å². The largest absolute Gasteiger partial charge is 0.462 e. The van der Waals surface area contributed by atoms with Gasteiger partial charge in [0.25, 0.3) is 0 Å². The maximum absolute atomic E-state index is 13.3. The molecule has 0 aliphatic rings. The maximum atomic E-state index is 13.3. The zero-order chi connectivity index (χ0) is 50.2. The highest BCUT2D eigenvalue weighted by Crippen LogP contribution is 2.18. The number of rotatable bonds is 53. The summed E-state index contributed by atoms with van der Waals surface area (Å²) in [5.74, 6) is -0.534. The van der Waals surface area contributed by atoms with Crippen molar-refractivity contribution >= 4 is 11.9 Å². The molecular weight excluding hydrogens is 851 g/mol. The van der Waals surface area contributed by atoms with Crippen LogP contribution in [0.4, 0.5) is 0 Å². The van der Waals surface area contributed by atoms with Gasteiger partial charge >= 0.3 is 5.97 Å². The van der Waals surface area contributed by atoms with Gasteiger partial charge in [-0.15, -0.1) is 0 Å². The number of carbonyl (C=O) groups excluding carboxylic acids is 2. The van der Waals surface area contributed by atoms with E-state index in [-0.39, 0.29) is 24.9 Å². The maximum Gasteiger partial charge on any atom is 0.306 e. The smallest absolute Gasteiger partial charge is 0.306 e. The first-order chi connectivity index (χ1) is 34.0. The van der Waals surface area contributed by atoms with Crippen LogP contribution in [0.15, 0.2) is 72.9 Å². The average Bonchev–Trinajstić information content (AvgIpc) is 3.34. The number of ether oxygens (including phenoxy) is 1. The summed E-state index contributed by atoms with van der Waals surface area (Å²) < 4.78 is 5.94. The van der Waals surface area contributed by atoms with Crippen LogP contribution in [0.1, 0.15) is 290 Å². The molecule has 0 bridgehead atoms. The van der Waals surface area contributed by atoms with Crippen LogP contribution in [0.5, 0.6) is 0 Å². The lowest BCUT2D eigenvalue weighted by Crippen LogP contribution is -2.46. The third kappa shape index (κ3) is 51.5. The number of hydrogen-bond acceptors (Lipinski definition) is 5. The zero-order valence-corrected chi connectivity index (χ0v) is 45.7. The molecule has 3 unspecified atom stereocenters. The highest BCUT2D eigenvalue weighted by Gasteiger charge is 2.24. The minimum atomic E-state index is -0.808. The van der Waals surface area contributed by atoms with Crippen LogP contribution in [-0.4, -0.2) is 46.9 Å². The summed E-state index contributed by atoms with van der Waals surface area (Å²) in [4.78, 5) is 26.3. The van der Waals surface area contributed by atoms with Gasteiger partial charge in [-0.3, -0.25) is 9.59 Å². The molecular formula is C63H113NO5. The van der Waals surface area contributed by atoms with Crippen molar-refractivity contribution in [2.24, 2.45) is 0 Å². The van der Waals surface area contributed by atoms with Gasteiger partial charge in [0.15, 0.2) is 0 Å². The molecule has 1 amide bonds. The molecule has 0 rings (SSSR count). The number of allylic oxidation sites excluding steroid dienone is 12. The zero-order valence-electron chi connectivity index (χ0n) is 45.7. The molecule has 69 heavy (non-hydrogen) atoms. The van der Waals surface area contributed by atoms with Crippen molar-refractivity contribution in [2.75, 3.05) is 6.61 Å². The number of carbonyl (C=O) groups is 2. The van der Waals surface area contributed by atoms with Gasteiger partial charge in [0, 0.05) is 6.42 Å². The van der Waals surface area contributed by atoms with Gasteiger partial charge < -0.3 is 20.3 Å². The summed E-state index contributed by atoms with van der Waals surface area (Å²) in [7, 11) is 0. The first-order valence-electron chi connectivity index (χ1n) is 29.7. The summed E-state index contributed by atoms with van der Waals surface area (Å²) in [6.45, 7) is 6.38. The lowest BCUT2D eigenvalue weighted by molar-refractivity contribution is -0.151. The Balaban J connectivity index is 4.66. The first-order valence-corrected chi connectivity index (χ1v) is 29.7. The second kappa shape index (κ2) is 56.2. The van der Waals surface area contributed by atoms with Gasteiger partial charge in [-0.2, -0.15) is 0 Å². The molecule has 0 saturated heterocycles. The van der Waals surface area contributed by atoms with Crippen molar-refractivity contribution in [3.05, 3.63) is 72.9 Å². The van der Waals surface area contributed by atoms with Crippen molar-refractivity contribution in [3.8, 4) is 0 Å². The lowest BCUT2D eigenvalue weighted by atomic mass is 10.0. The first kappa shape index (κ1) is 66.3. The Hall–Kier alpha value is -2.70. The Morgan fingerprint density at radius 1 is 0.435 bits per heavy atom. The minimum Gasteiger partial charge on any atom is -0.462 e. The number of unbranched alkanes of at least 4 members (excludes halogenated alkanes) is 29. The van der Waals surface area contributed by atoms with Crippen molar-refractivity contribution in [1.29, 1.82) is 0 Å².